The molecule has 0 amide bonds. The molecule has 1 aromatic heterocycles. The van der Waals surface area contributed by atoms with Crippen LogP contribution in [-0.4, -0.2) is 23.8 Å². The number of esters is 1. The van der Waals surface area contributed by atoms with Crippen LogP contribution in [0.25, 0.3) is 0 Å². The highest BCUT2D eigenvalue weighted by Crippen LogP contribution is 2.13. The van der Waals surface area contributed by atoms with Gasteiger partial charge in [0, 0.05) is 6.92 Å². The van der Waals surface area contributed by atoms with Crippen molar-refractivity contribution in [1.82, 2.24) is 0 Å². The Morgan fingerprint density at radius 3 is 2.68 bits per heavy atom. The summed E-state index contributed by atoms with van der Waals surface area (Å²) in [5.41, 5.74) is 0. The first-order valence-corrected chi connectivity index (χ1v) is 6.29. The Kier molecular flexibility index (Phi) is 6.27. The quantitative estimate of drug-likeness (QED) is 0.654. The Labute approximate surface area is 116 Å². The number of aliphatic hydroxyl groups is 1. The Hall–Kier alpha value is -2.19. The number of aliphatic hydroxyl groups excluding tert-OH is 1. The molecular formula is C15H12O3S. The van der Waals surface area contributed by atoms with E-state index in [1.807, 2.05) is 12.1 Å². The summed E-state index contributed by atoms with van der Waals surface area (Å²) < 4.78 is 4.60. The number of carbonyl (C=O) groups excluding carboxylic acids is 1. The maximum absolute atomic E-state index is 10.5. The first kappa shape index (κ1) is 14.9. The largest absolute Gasteiger partial charge is 0.462 e. The van der Waals surface area contributed by atoms with Gasteiger partial charge in [-0.2, -0.15) is 0 Å². The normalized spacial score (nSPS) is 9.84. The van der Waals surface area contributed by atoms with E-state index in [1.54, 1.807) is 6.92 Å². The summed E-state index contributed by atoms with van der Waals surface area (Å²) >= 11 is 1.48. The zero-order chi connectivity index (χ0) is 14.1. The number of hydrogen-bond acceptors (Lipinski definition) is 4. The average Bonchev–Trinajstić information content (AvgIpc) is 2.80. The van der Waals surface area contributed by atoms with Gasteiger partial charge in [0.15, 0.2) is 0 Å². The van der Waals surface area contributed by atoms with Crippen LogP contribution >= 0.6 is 11.3 Å². The summed E-state index contributed by atoms with van der Waals surface area (Å²) in [6, 6.07) is 3.77. The minimum Gasteiger partial charge on any atom is -0.462 e. The van der Waals surface area contributed by atoms with Crippen molar-refractivity contribution in [1.29, 1.82) is 0 Å². The van der Waals surface area contributed by atoms with E-state index < -0.39 is 12.1 Å². The Balaban J connectivity index is 2.53. The molecule has 1 unspecified atom stereocenters. The van der Waals surface area contributed by atoms with Crippen LogP contribution in [0.15, 0.2) is 12.1 Å². The molecule has 0 saturated carbocycles. The average molecular weight is 272 g/mol. The van der Waals surface area contributed by atoms with Crippen LogP contribution in [0.3, 0.4) is 0 Å². The van der Waals surface area contributed by atoms with Gasteiger partial charge in [-0.3, -0.25) is 4.79 Å². The van der Waals surface area contributed by atoms with E-state index in [4.69, 9.17) is 0 Å². The molecule has 0 fully saturated rings. The van der Waals surface area contributed by atoms with Crippen molar-refractivity contribution in [2.24, 2.45) is 0 Å². The van der Waals surface area contributed by atoms with Gasteiger partial charge in [0.1, 0.15) is 12.7 Å². The number of hydrogen-bond donors (Lipinski definition) is 1. The molecule has 1 atom stereocenters. The van der Waals surface area contributed by atoms with Crippen molar-refractivity contribution in [2.75, 3.05) is 6.61 Å². The van der Waals surface area contributed by atoms with E-state index in [0.29, 0.717) is 0 Å². The van der Waals surface area contributed by atoms with Gasteiger partial charge in [0.25, 0.3) is 0 Å². The zero-order valence-corrected chi connectivity index (χ0v) is 11.4. The molecule has 1 N–H and O–H groups in total. The fraction of sp³-hybridized carbons (Fsp3) is 0.267. The molecule has 19 heavy (non-hydrogen) atoms. The van der Waals surface area contributed by atoms with Crippen LogP contribution in [0.5, 0.6) is 0 Å². The molecule has 3 nitrogen and oxygen atoms in total. The van der Waals surface area contributed by atoms with Crippen molar-refractivity contribution in [2.45, 2.75) is 20.0 Å². The van der Waals surface area contributed by atoms with Crippen LogP contribution in [0, 0.1) is 35.5 Å². The molecule has 0 bridgehead atoms. The fourth-order valence-electron chi connectivity index (χ4n) is 1.05. The third-order valence-electron chi connectivity index (χ3n) is 1.79. The first-order valence-electron chi connectivity index (χ1n) is 5.47. The number of thiophene rings is 1. The Bertz CT molecular complexity index is 623. The minimum atomic E-state index is -1.01. The minimum absolute atomic E-state index is 0.140. The van der Waals surface area contributed by atoms with Gasteiger partial charge in [-0.05, 0) is 36.8 Å². The third kappa shape index (κ3) is 6.34. The predicted octanol–water partition coefficient (Wildman–Crippen LogP) is 1.40. The van der Waals surface area contributed by atoms with E-state index in [9.17, 15) is 9.90 Å². The summed E-state index contributed by atoms with van der Waals surface area (Å²) in [6.45, 7) is 2.91. The van der Waals surface area contributed by atoms with Gasteiger partial charge in [0.05, 0.1) is 9.75 Å². The predicted molar refractivity (Wildman–Crippen MR) is 74.2 cm³/mol. The van der Waals surface area contributed by atoms with Gasteiger partial charge in [-0.15, -0.1) is 17.3 Å². The van der Waals surface area contributed by atoms with Crippen LogP contribution in [0.2, 0.25) is 0 Å². The third-order valence-corrected chi connectivity index (χ3v) is 2.70. The molecule has 0 aliphatic rings. The van der Waals surface area contributed by atoms with Crippen molar-refractivity contribution >= 4 is 17.3 Å². The van der Waals surface area contributed by atoms with Gasteiger partial charge >= 0.3 is 5.97 Å². The number of carbonyl (C=O) groups is 1. The van der Waals surface area contributed by atoms with Gasteiger partial charge in [0.2, 0.25) is 0 Å². The molecule has 1 rings (SSSR count). The highest BCUT2D eigenvalue weighted by Gasteiger charge is 2.00. The number of ether oxygens (including phenoxy) is 1. The highest BCUT2D eigenvalue weighted by atomic mass is 32.1. The topological polar surface area (TPSA) is 46.5 Å². The zero-order valence-electron chi connectivity index (χ0n) is 10.6. The van der Waals surface area contributed by atoms with Crippen LogP contribution in [0.1, 0.15) is 23.6 Å². The van der Waals surface area contributed by atoms with E-state index in [-0.39, 0.29) is 6.61 Å². The Morgan fingerprint density at radius 1 is 1.37 bits per heavy atom. The van der Waals surface area contributed by atoms with Crippen molar-refractivity contribution < 1.29 is 14.6 Å². The second-order valence-corrected chi connectivity index (χ2v) is 4.46. The molecule has 0 saturated heterocycles. The summed E-state index contributed by atoms with van der Waals surface area (Å²) in [7, 11) is 0. The van der Waals surface area contributed by atoms with Gasteiger partial charge < -0.3 is 9.84 Å². The lowest BCUT2D eigenvalue weighted by atomic mass is 10.3. The molecule has 96 valence electrons. The smallest absolute Gasteiger partial charge is 0.302 e. The van der Waals surface area contributed by atoms with Gasteiger partial charge in [-0.25, -0.2) is 0 Å². The standard InChI is InChI=1S/C15H12O3S/c1-3-6-14-9-10-15(19-14)8-5-4-7-13(17)11-18-12(2)16/h9-10,13,17H,11H2,1-2H3. The summed E-state index contributed by atoms with van der Waals surface area (Å²) in [5.74, 6) is 15.8. The van der Waals surface area contributed by atoms with Crippen molar-refractivity contribution in [3.63, 3.8) is 0 Å². The molecule has 0 radical (unpaired) electrons. The fourth-order valence-corrected chi connectivity index (χ4v) is 1.81. The highest BCUT2D eigenvalue weighted by molar-refractivity contribution is 7.13. The van der Waals surface area contributed by atoms with Crippen LogP contribution in [0.4, 0.5) is 0 Å². The SMILES string of the molecule is CC#Cc1ccc(C#CC#CC(O)COC(C)=O)s1. The van der Waals surface area contributed by atoms with Crippen molar-refractivity contribution in [3.8, 4) is 35.5 Å². The molecule has 1 aromatic rings. The maximum Gasteiger partial charge on any atom is 0.302 e. The lowest BCUT2D eigenvalue weighted by Crippen LogP contribution is -2.14. The maximum atomic E-state index is 10.5. The monoisotopic (exact) mass is 272 g/mol. The summed E-state index contributed by atoms with van der Waals surface area (Å²) in [5, 5.41) is 9.34. The molecule has 0 aliphatic carbocycles. The van der Waals surface area contributed by atoms with Crippen LogP contribution in [-0.2, 0) is 9.53 Å². The number of rotatable bonds is 2. The molecule has 0 aromatic carbocycles. The Morgan fingerprint density at radius 2 is 2.05 bits per heavy atom. The summed E-state index contributed by atoms with van der Waals surface area (Å²) in [4.78, 5) is 12.3. The molecule has 4 heteroatoms. The second-order valence-electron chi connectivity index (χ2n) is 3.38. The molecule has 1 heterocycles. The van der Waals surface area contributed by atoms with Gasteiger partial charge in [-0.1, -0.05) is 11.8 Å². The molecule has 0 spiro atoms. The molecule has 0 aliphatic heterocycles. The van der Waals surface area contributed by atoms with Crippen molar-refractivity contribution in [3.05, 3.63) is 21.9 Å². The second kappa shape index (κ2) is 8.01. The lowest BCUT2D eigenvalue weighted by Gasteiger charge is -2.01. The van der Waals surface area contributed by atoms with E-state index in [0.717, 1.165) is 9.75 Å². The first-order chi connectivity index (χ1) is 9.11. The van der Waals surface area contributed by atoms with E-state index >= 15 is 0 Å². The van der Waals surface area contributed by atoms with E-state index in [1.165, 1.54) is 18.3 Å². The molecular weight excluding hydrogens is 260 g/mol. The lowest BCUT2D eigenvalue weighted by molar-refractivity contribution is -0.142. The van der Waals surface area contributed by atoms with Crippen LogP contribution < -0.4 is 0 Å². The van der Waals surface area contributed by atoms with E-state index in [2.05, 4.69) is 40.3 Å². The summed E-state index contributed by atoms with van der Waals surface area (Å²) in [6.07, 6.45) is -1.01.